The fourth-order valence-electron chi connectivity index (χ4n) is 4.40. The number of thiophene rings is 1. The molecule has 4 aromatic rings. The van der Waals surface area contributed by atoms with Gasteiger partial charge in [0.05, 0.1) is 10.4 Å². The van der Waals surface area contributed by atoms with Crippen LogP contribution in [0.2, 0.25) is 0 Å². The number of para-hydroxylation sites is 1. The molecule has 168 valence electrons. The van der Waals surface area contributed by atoms with Crippen LogP contribution >= 0.6 is 11.3 Å². The predicted molar refractivity (Wildman–Crippen MR) is 136 cm³/mol. The fourth-order valence-corrected chi connectivity index (χ4v) is 5.06. The average Bonchev–Trinajstić information content (AvgIpc) is 3.59. The first-order valence-electron chi connectivity index (χ1n) is 11.7. The summed E-state index contributed by atoms with van der Waals surface area (Å²) >= 11 is 1.65. The van der Waals surface area contributed by atoms with Crippen molar-refractivity contribution in [2.45, 2.75) is 25.7 Å². The molecule has 0 N–H and O–H groups in total. The van der Waals surface area contributed by atoms with E-state index in [1.165, 1.54) is 5.56 Å². The maximum Gasteiger partial charge on any atom is 0.224 e. The zero-order valence-electron chi connectivity index (χ0n) is 18.7. The summed E-state index contributed by atoms with van der Waals surface area (Å²) < 4.78 is 0. The van der Waals surface area contributed by atoms with Crippen molar-refractivity contribution in [2.24, 2.45) is 0 Å². The Labute approximate surface area is 198 Å². The fraction of sp³-hybridized carbons (Fsp3) is 0.296. The molecule has 0 radical (unpaired) electrons. The number of carbonyl (C=O) groups is 1. The molecular formula is C27H28N4OS. The van der Waals surface area contributed by atoms with Crippen LogP contribution in [0.5, 0.6) is 0 Å². The molecule has 1 saturated heterocycles. The molecule has 0 saturated carbocycles. The van der Waals surface area contributed by atoms with E-state index in [0.29, 0.717) is 13.0 Å². The highest BCUT2D eigenvalue weighted by atomic mass is 32.1. The van der Waals surface area contributed by atoms with Gasteiger partial charge in [0.25, 0.3) is 0 Å². The number of nitrogens with zero attached hydrogens (tertiary/aromatic N) is 4. The predicted octanol–water partition coefficient (Wildman–Crippen LogP) is 5.42. The Morgan fingerprint density at radius 3 is 2.48 bits per heavy atom. The van der Waals surface area contributed by atoms with Crippen molar-refractivity contribution >= 4 is 34.0 Å². The second kappa shape index (κ2) is 10.1. The zero-order valence-corrected chi connectivity index (χ0v) is 19.5. The molecule has 3 heterocycles. The first-order chi connectivity index (χ1) is 16.3. The molecule has 0 spiro atoms. The minimum atomic E-state index is 0.244. The quantitative estimate of drug-likeness (QED) is 0.355. The Kier molecular flexibility index (Phi) is 6.63. The van der Waals surface area contributed by atoms with Gasteiger partial charge in [0.15, 0.2) is 5.82 Å². The van der Waals surface area contributed by atoms with Gasteiger partial charge >= 0.3 is 0 Å². The van der Waals surface area contributed by atoms with Gasteiger partial charge in [-0.3, -0.25) is 4.79 Å². The van der Waals surface area contributed by atoms with E-state index in [4.69, 9.17) is 9.97 Å². The van der Waals surface area contributed by atoms with Crippen LogP contribution in [0.3, 0.4) is 0 Å². The highest BCUT2D eigenvalue weighted by molar-refractivity contribution is 7.13. The van der Waals surface area contributed by atoms with Crippen molar-refractivity contribution in [3.05, 3.63) is 77.7 Å². The minimum absolute atomic E-state index is 0.244. The number of likely N-dealkylation sites (tertiary alicyclic amines) is 1. The van der Waals surface area contributed by atoms with Crippen molar-refractivity contribution in [3.63, 3.8) is 0 Å². The van der Waals surface area contributed by atoms with Gasteiger partial charge in [-0.1, -0.05) is 48.5 Å². The summed E-state index contributed by atoms with van der Waals surface area (Å²) in [7, 11) is 0. The normalized spacial score (nSPS) is 13.5. The first kappa shape index (κ1) is 21.6. The molecule has 2 aromatic heterocycles. The van der Waals surface area contributed by atoms with Crippen LogP contribution in [-0.2, 0) is 11.2 Å². The molecule has 6 heteroatoms. The number of hydrogen-bond donors (Lipinski definition) is 0. The molecule has 1 aliphatic heterocycles. The number of rotatable bonds is 8. The third kappa shape index (κ3) is 5.06. The highest BCUT2D eigenvalue weighted by Crippen LogP contribution is 2.30. The van der Waals surface area contributed by atoms with Crippen molar-refractivity contribution < 1.29 is 4.79 Å². The Morgan fingerprint density at radius 2 is 1.70 bits per heavy atom. The van der Waals surface area contributed by atoms with E-state index in [0.717, 1.165) is 66.3 Å². The van der Waals surface area contributed by atoms with Crippen LogP contribution < -0.4 is 4.90 Å². The van der Waals surface area contributed by atoms with Crippen molar-refractivity contribution in [1.82, 2.24) is 14.9 Å². The number of anilines is 1. The summed E-state index contributed by atoms with van der Waals surface area (Å²) in [4.78, 5) is 28.0. The summed E-state index contributed by atoms with van der Waals surface area (Å²) in [5, 5.41) is 3.08. The van der Waals surface area contributed by atoms with Crippen molar-refractivity contribution in [1.29, 1.82) is 0 Å². The largest absolute Gasteiger partial charge is 0.355 e. The topological polar surface area (TPSA) is 49.3 Å². The second-order valence-electron chi connectivity index (χ2n) is 8.43. The Hall–Kier alpha value is -3.25. The van der Waals surface area contributed by atoms with Crippen LogP contribution in [0.4, 0.5) is 5.82 Å². The summed E-state index contributed by atoms with van der Waals surface area (Å²) in [5.74, 6) is 1.90. The lowest BCUT2D eigenvalue weighted by molar-refractivity contribution is -0.129. The summed E-state index contributed by atoms with van der Waals surface area (Å²) in [6.45, 7) is 3.22. The molecule has 1 fully saturated rings. The van der Waals surface area contributed by atoms with Crippen LogP contribution in [-0.4, -0.2) is 47.0 Å². The van der Waals surface area contributed by atoms with E-state index >= 15 is 0 Å². The molecule has 0 bridgehead atoms. The third-order valence-corrected chi connectivity index (χ3v) is 7.06. The molecule has 0 unspecified atom stereocenters. The van der Waals surface area contributed by atoms with Crippen molar-refractivity contribution in [3.8, 4) is 10.7 Å². The monoisotopic (exact) mass is 456 g/mol. The summed E-state index contributed by atoms with van der Waals surface area (Å²) in [6.07, 6.45) is 3.63. The molecule has 1 aliphatic rings. The van der Waals surface area contributed by atoms with Gasteiger partial charge < -0.3 is 9.80 Å². The Bertz CT molecular complexity index is 1200. The van der Waals surface area contributed by atoms with Crippen molar-refractivity contribution in [2.75, 3.05) is 31.1 Å². The third-order valence-electron chi connectivity index (χ3n) is 6.19. The lowest BCUT2D eigenvalue weighted by atomic mass is 10.1. The van der Waals surface area contributed by atoms with Gasteiger partial charge in [0.1, 0.15) is 5.82 Å². The second-order valence-corrected chi connectivity index (χ2v) is 9.37. The molecule has 5 nitrogen and oxygen atoms in total. The van der Waals surface area contributed by atoms with E-state index in [1.54, 1.807) is 11.3 Å². The van der Waals surface area contributed by atoms with E-state index in [9.17, 15) is 4.79 Å². The molecule has 0 aliphatic carbocycles. The Balaban J connectivity index is 1.48. The smallest absolute Gasteiger partial charge is 0.224 e. The Morgan fingerprint density at radius 1 is 0.909 bits per heavy atom. The van der Waals surface area contributed by atoms with Crippen LogP contribution in [0.1, 0.15) is 24.8 Å². The molecular weight excluding hydrogens is 428 g/mol. The lowest BCUT2D eigenvalue weighted by Gasteiger charge is -2.26. The minimum Gasteiger partial charge on any atom is -0.355 e. The number of fused-ring (bicyclic) bond motifs is 1. The SMILES string of the molecule is O=C(CCN(CCc1ccccc1)c1nc(-c2cccs2)nc2ccccc12)N1CCCC1. The van der Waals surface area contributed by atoms with E-state index in [2.05, 4.69) is 46.7 Å². The van der Waals surface area contributed by atoms with Crippen LogP contribution in [0, 0.1) is 0 Å². The molecule has 0 atom stereocenters. The molecule has 33 heavy (non-hydrogen) atoms. The average molecular weight is 457 g/mol. The van der Waals surface area contributed by atoms with E-state index < -0.39 is 0 Å². The van der Waals surface area contributed by atoms with Gasteiger partial charge in [0.2, 0.25) is 5.91 Å². The summed E-state index contributed by atoms with van der Waals surface area (Å²) in [5.41, 5.74) is 2.21. The maximum absolute atomic E-state index is 12.8. The number of hydrogen-bond acceptors (Lipinski definition) is 5. The van der Waals surface area contributed by atoms with Crippen LogP contribution in [0.25, 0.3) is 21.6 Å². The highest BCUT2D eigenvalue weighted by Gasteiger charge is 2.21. The number of aromatic nitrogens is 2. The number of carbonyl (C=O) groups excluding carboxylic acids is 1. The van der Waals surface area contributed by atoms with E-state index in [-0.39, 0.29) is 5.91 Å². The number of amides is 1. The number of benzene rings is 2. The van der Waals surface area contributed by atoms with Gasteiger partial charge in [0, 0.05) is 38.0 Å². The van der Waals surface area contributed by atoms with E-state index in [1.807, 2.05) is 35.2 Å². The maximum atomic E-state index is 12.8. The first-order valence-corrected chi connectivity index (χ1v) is 12.5. The zero-order chi connectivity index (χ0) is 22.5. The lowest BCUT2D eigenvalue weighted by Crippen LogP contribution is -2.34. The molecule has 2 aromatic carbocycles. The standard InChI is InChI=1S/C27H28N4OS/c32-25(30-16-6-7-17-30)15-19-31(18-14-21-9-2-1-3-10-21)27-22-11-4-5-12-23(22)28-26(29-27)24-13-8-20-33-24/h1-5,8-13,20H,6-7,14-19H2. The van der Waals surface area contributed by atoms with Gasteiger partial charge in [-0.25, -0.2) is 9.97 Å². The van der Waals surface area contributed by atoms with Gasteiger partial charge in [-0.15, -0.1) is 11.3 Å². The van der Waals surface area contributed by atoms with Crippen LogP contribution in [0.15, 0.2) is 72.1 Å². The van der Waals surface area contributed by atoms with Gasteiger partial charge in [-0.05, 0) is 48.4 Å². The molecule has 5 rings (SSSR count). The molecule has 1 amide bonds. The summed E-state index contributed by atoms with van der Waals surface area (Å²) in [6, 6.07) is 22.8. The van der Waals surface area contributed by atoms with Gasteiger partial charge in [-0.2, -0.15) is 0 Å².